The van der Waals surface area contributed by atoms with Gasteiger partial charge in [-0.15, -0.1) is 0 Å². The van der Waals surface area contributed by atoms with Crippen molar-refractivity contribution in [2.45, 2.75) is 19.1 Å². The van der Waals surface area contributed by atoms with Crippen LogP contribution in [-0.2, 0) is 16.0 Å². The number of nitrogens with zero attached hydrogens (tertiary/aromatic N) is 1. The van der Waals surface area contributed by atoms with Gasteiger partial charge in [0.05, 0.1) is 25.0 Å². The van der Waals surface area contributed by atoms with Crippen LogP contribution in [0.1, 0.15) is 22.3 Å². The molecule has 0 aliphatic carbocycles. The Hall–Kier alpha value is -1.98. The number of anilines is 1. The van der Waals surface area contributed by atoms with E-state index in [4.69, 9.17) is 14.2 Å². The van der Waals surface area contributed by atoms with Gasteiger partial charge in [-0.1, -0.05) is 6.07 Å². The van der Waals surface area contributed by atoms with Gasteiger partial charge in [-0.2, -0.15) is 0 Å². The fourth-order valence-electron chi connectivity index (χ4n) is 2.89. The van der Waals surface area contributed by atoms with Crippen LogP contribution in [0.5, 0.6) is 5.75 Å². The fraction of sp³-hybridized carbons (Fsp3) is 0.409. The van der Waals surface area contributed by atoms with E-state index in [1.54, 1.807) is 40.4 Å². The first kappa shape index (κ1) is 25.3. The third-order valence-corrected chi connectivity index (χ3v) is 5.23. The molecule has 0 saturated carbocycles. The molecule has 0 spiro atoms. The zero-order valence-corrected chi connectivity index (χ0v) is 20.2. The number of ether oxygens (including phenoxy) is 3. The molecule has 1 N–H and O–H groups in total. The van der Waals surface area contributed by atoms with E-state index in [1.807, 2.05) is 22.6 Å². The molecule has 170 valence electrons. The van der Waals surface area contributed by atoms with Crippen LogP contribution in [0.2, 0.25) is 0 Å². The van der Waals surface area contributed by atoms with Crippen LogP contribution in [0.3, 0.4) is 0 Å². The standard InChI is InChI=1S/C22H27F2IN2O4/c1-27(2)22(28)21-19(26-12-14-5-6-16(25)11-18(14)24)9-15(23)10-20(21)31-8-7-17(30-4)13-29-3/h5-6,9-11,17,26H,7-8,12-13H2,1-4H3/t17-/m1/s1. The molecule has 0 aliphatic rings. The van der Waals surface area contributed by atoms with Gasteiger partial charge in [-0.05, 0) is 40.8 Å². The van der Waals surface area contributed by atoms with Gasteiger partial charge < -0.3 is 24.4 Å². The van der Waals surface area contributed by atoms with Crippen LogP contribution < -0.4 is 10.1 Å². The number of carbonyl (C=O) groups excluding carboxylic acids is 1. The van der Waals surface area contributed by atoms with Crippen LogP contribution in [0.25, 0.3) is 0 Å². The van der Waals surface area contributed by atoms with Crippen molar-refractivity contribution >= 4 is 34.2 Å². The molecule has 31 heavy (non-hydrogen) atoms. The Balaban J connectivity index is 2.28. The number of hydrogen-bond acceptors (Lipinski definition) is 5. The second kappa shape index (κ2) is 12.2. The van der Waals surface area contributed by atoms with Crippen LogP contribution in [0, 0.1) is 15.2 Å². The summed E-state index contributed by atoms with van der Waals surface area (Å²) in [6.07, 6.45) is 0.306. The van der Waals surface area contributed by atoms with Gasteiger partial charge in [-0.3, -0.25) is 4.79 Å². The molecule has 6 nitrogen and oxygen atoms in total. The third kappa shape index (κ3) is 7.29. The Morgan fingerprint density at radius 3 is 2.55 bits per heavy atom. The van der Waals surface area contributed by atoms with Gasteiger partial charge in [0, 0.05) is 56.5 Å². The molecule has 0 bridgehead atoms. The lowest BCUT2D eigenvalue weighted by Gasteiger charge is -2.20. The highest BCUT2D eigenvalue weighted by Crippen LogP contribution is 2.30. The summed E-state index contributed by atoms with van der Waals surface area (Å²) in [5.41, 5.74) is 0.808. The van der Waals surface area contributed by atoms with Crippen molar-refractivity contribution in [3.63, 3.8) is 0 Å². The summed E-state index contributed by atoms with van der Waals surface area (Å²) in [4.78, 5) is 14.2. The highest BCUT2D eigenvalue weighted by atomic mass is 127. The molecule has 2 aromatic rings. The molecule has 9 heteroatoms. The first-order valence-corrected chi connectivity index (χ1v) is 10.7. The van der Waals surface area contributed by atoms with Crippen molar-refractivity contribution in [1.29, 1.82) is 0 Å². The van der Waals surface area contributed by atoms with Crippen LogP contribution in [0.4, 0.5) is 14.5 Å². The zero-order valence-electron chi connectivity index (χ0n) is 18.0. The molecule has 0 saturated heterocycles. The highest BCUT2D eigenvalue weighted by Gasteiger charge is 2.22. The summed E-state index contributed by atoms with van der Waals surface area (Å²) in [5, 5.41) is 2.98. The number of nitrogens with one attached hydrogen (secondary N) is 1. The van der Waals surface area contributed by atoms with E-state index in [2.05, 4.69) is 5.32 Å². The van der Waals surface area contributed by atoms with Gasteiger partial charge in [-0.25, -0.2) is 8.78 Å². The third-order valence-electron chi connectivity index (χ3n) is 4.55. The van der Waals surface area contributed by atoms with Crippen LogP contribution >= 0.6 is 22.6 Å². The minimum absolute atomic E-state index is 0.0823. The van der Waals surface area contributed by atoms with Gasteiger partial charge in [0.25, 0.3) is 5.91 Å². The summed E-state index contributed by atoms with van der Waals surface area (Å²) >= 11 is 2.02. The number of hydrogen-bond donors (Lipinski definition) is 1. The first-order valence-electron chi connectivity index (χ1n) is 9.64. The molecular weight excluding hydrogens is 521 g/mol. The van der Waals surface area contributed by atoms with Gasteiger partial charge in [0.15, 0.2) is 0 Å². The molecule has 1 amide bonds. The lowest BCUT2D eigenvalue weighted by Crippen LogP contribution is -2.25. The number of halogens is 3. The molecular formula is C22H27F2IN2O4. The lowest BCUT2D eigenvalue weighted by atomic mass is 10.1. The SMILES string of the molecule is COC[C@@H](CCOc1cc(F)cc(NCc2ccc(I)cc2F)c1C(=O)N(C)C)OC. The van der Waals surface area contributed by atoms with E-state index in [9.17, 15) is 13.6 Å². The van der Waals surface area contributed by atoms with Gasteiger partial charge >= 0.3 is 0 Å². The zero-order chi connectivity index (χ0) is 23.0. The maximum atomic E-state index is 14.3. The average molecular weight is 548 g/mol. The second-order valence-electron chi connectivity index (χ2n) is 7.07. The second-order valence-corrected chi connectivity index (χ2v) is 8.31. The van der Waals surface area contributed by atoms with Crippen LogP contribution in [0.15, 0.2) is 30.3 Å². The van der Waals surface area contributed by atoms with Crippen molar-refractivity contribution in [3.05, 3.63) is 56.7 Å². The van der Waals surface area contributed by atoms with E-state index >= 15 is 0 Å². The predicted molar refractivity (Wildman–Crippen MR) is 124 cm³/mol. The Morgan fingerprint density at radius 1 is 1.19 bits per heavy atom. The van der Waals surface area contributed by atoms with Crippen molar-refractivity contribution in [2.75, 3.05) is 46.8 Å². The predicted octanol–water partition coefficient (Wildman–Crippen LogP) is 4.31. The number of rotatable bonds is 11. The Bertz CT molecular complexity index is 896. The number of methoxy groups -OCH3 is 2. The van der Waals surface area contributed by atoms with E-state index in [1.165, 1.54) is 23.1 Å². The quantitative estimate of drug-likeness (QED) is 0.425. The molecule has 2 rings (SSSR count). The maximum Gasteiger partial charge on any atom is 0.259 e. The van der Waals surface area contributed by atoms with Gasteiger partial charge in [0.1, 0.15) is 22.9 Å². The topological polar surface area (TPSA) is 60.0 Å². The van der Waals surface area contributed by atoms with E-state index in [0.717, 1.165) is 3.57 Å². The summed E-state index contributed by atoms with van der Waals surface area (Å²) in [6.45, 7) is 0.671. The molecule has 0 aromatic heterocycles. The summed E-state index contributed by atoms with van der Waals surface area (Å²) in [7, 11) is 6.33. The van der Waals surface area contributed by atoms with Gasteiger partial charge in [0.2, 0.25) is 0 Å². The Morgan fingerprint density at radius 2 is 1.94 bits per heavy atom. The highest BCUT2D eigenvalue weighted by molar-refractivity contribution is 14.1. The first-order chi connectivity index (χ1) is 14.8. The van der Waals surface area contributed by atoms with Crippen LogP contribution in [-0.4, -0.2) is 58.4 Å². The van der Waals surface area contributed by atoms with Crippen molar-refractivity contribution in [2.24, 2.45) is 0 Å². The number of amides is 1. The average Bonchev–Trinajstić information content (AvgIpc) is 2.71. The van der Waals surface area contributed by atoms with Crippen molar-refractivity contribution in [3.8, 4) is 5.75 Å². The minimum Gasteiger partial charge on any atom is -0.492 e. The molecule has 0 radical (unpaired) electrons. The number of benzene rings is 2. The molecule has 0 fully saturated rings. The van der Waals surface area contributed by atoms with E-state index in [0.29, 0.717) is 18.6 Å². The largest absolute Gasteiger partial charge is 0.492 e. The summed E-state index contributed by atoms with van der Waals surface area (Å²) < 4.78 is 45.4. The summed E-state index contributed by atoms with van der Waals surface area (Å²) in [5.74, 6) is -1.20. The maximum absolute atomic E-state index is 14.3. The molecule has 0 heterocycles. The van der Waals surface area contributed by atoms with Crippen molar-refractivity contribution in [1.82, 2.24) is 4.90 Å². The summed E-state index contributed by atoms with van der Waals surface area (Å²) in [6, 6.07) is 7.21. The smallest absolute Gasteiger partial charge is 0.259 e. The minimum atomic E-state index is -0.573. The fourth-order valence-corrected chi connectivity index (χ4v) is 3.34. The molecule has 0 unspecified atom stereocenters. The molecule has 2 aromatic carbocycles. The Kier molecular flexibility index (Phi) is 9.92. The van der Waals surface area contributed by atoms with E-state index < -0.39 is 5.82 Å². The monoisotopic (exact) mass is 548 g/mol. The molecule has 1 atom stereocenters. The normalized spacial score (nSPS) is 11.8. The van der Waals surface area contributed by atoms with Crippen molar-refractivity contribution < 1.29 is 27.8 Å². The number of carbonyl (C=O) groups is 1. The lowest BCUT2D eigenvalue weighted by molar-refractivity contribution is 0.0160. The Labute approximate surface area is 195 Å². The van der Waals surface area contributed by atoms with E-state index in [-0.39, 0.29) is 48.0 Å². The molecule has 0 aliphatic heterocycles.